The molecule has 0 bridgehead atoms. The second-order valence-electron chi connectivity index (χ2n) is 5.25. The van der Waals surface area contributed by atoms with Gasteiger partial charge in [-0.3, -0.25) is 4.79 Å². The summed E-state index contributed by atoms with van der Waals surface area (Å²) in [6.07, 6.45) is -5.17. The number of aromatic carboxylic acids is 1. The summed E-state index contributed by atoms with van der Waals surface area (Å²) in [6.45, 7) is 1.61. The van der Waals surface area contributed by atoms with Gasteiger partial charge in [0.15, 0.2) is 0 Å². The van der Waals surface area contributed by atoms with E-state index in [-0.39, 0.29) is 27.6 Å². The number of hydrogen-bond acceptors (Lipinski definition) is 2. The van der Waals surface area contributed by atoms with Gasteiger partial charge in [-0.15, -0.1) is 0 Å². The Morgan fingerprint density at radius 3 is 2.18 bits per heavy atom. The third-order valence-electron chi connectivity index (χ3n) is 3.41. The summed E-state index contributed by atoms with van der Waals surface area (Å²) in [5.41, 5.74) is -2.54. The predicted molar refractivity (Wildman–Crippen MR) is 76.6 cm³/mol. The molecule has 1 rings (SSSR count). The first-order chi connectivity index (χ1) is 9.89. The fourth-order valence-electron chi connectivity index (χ4n) is 1.70. The van der Waals surface area contributed by atoms with Gasteiger partial charge in [0.2, 0.25) is 0 Å². The maximum atomic E-state index is 12.8. The highest BCUT2D eigenvalue weighted by Crippen LogP contribution is 2.39. The van der Waals surface area contributed by atoms with E-state index in [1.165, 1.54) is 12.1 Å². The predicted octanol–water partition coefficient (Wildman–Crippen LogP) is 4.78. The van der Waals surface area contributed by atoms with Crippen LogP contribution in [0.1, 0.15) is 36.2 Å². The molecule has 0 radical (unpaired) electrons. The minimum absolute atomic E-state index is 0.0804. The zero-order valence-electron chi connectivity index (χ0n) is 11.7. The summed E-state index contributed by atoms with van der Waals surface area (Å²) in [6, 6.07) is 2.68. The van der Waals surface area contributed by atoms with Gasteiger partial charge in [0.25, 0.3) is 0 Å². The van der Waals surface area contributed by atoms with E-state index in [9.17, 15) is 22.8 Å². The normalized spacial score (nSPS) is 12.3. The lowest BCUT2D eigenvalue weighted by Gasteiger charge is -2.26. The molecular weight excluding hydrogens is 344 g/mol. The molecule has 0 aliphatic rings. The number of carboxylic acids is 1. The van der Waals surface area contributed by atoms with Crippen LogP contribution in [0.25, 0.3) is 0 Å². The number of carbonyl (C=O) groups excluding carboxylic acids is 1. The molecule has 0 spiro atoms. The molecule has 22 heavy (non-hydrogen) atoms. The Balaban J connectivity index is 2.97. The minimum atomic E-state index is -4.65. The van der Waals surface area contributed by atoms with Gasteiger partial charge in [-0.05, 0) is 31.9 Å². The maximum absolute atomic E-state index is 12.8. The first-order valence-electron chi connectivity index (χ1n) is 6.19. The number of Topliss-reactive ketones (excluding diaryl/α,β-unsaturated/α-hetero) is 1. The Morgan fingerprint density at radius 1 is 1.18 bits per heavy atom. The van der Waals surface area contributed by atoms with E-state index in [0.717, 1.165) is 13.8 Å². The first-order valence-corrected chi connectivity index (χ1v) is 6.95. The number of halogens is 5. The Morgan fingerprint density at radius 2 is 1.73 bits per heavy atom. The van der Waals surface area contributed by atoms with Crippen molar-refractivity contribution < 1.29 is 27.9 Å². The smallest absolute Gasteiger partial charge is 0.400 e. The van der Waals surface area contributed by atoms with E-state index in [0.29, 0.717) is 0 Å². The van der Waals surface area contributed by atoms with Crippen LogP contribution in [0.2, 0.25) is 10.0 Å². The molecular formula is C14H13Cl2F3O3. The molecule has 0 aromatic heterocycles. The number of ketones is 1. The molecule has 0 heterocycles. The van der Waals surface area contributed by atoms with Gasteiger partial charge in [0.1, 0.15) is 11.2 Å². The van der Waals surface area contributed by atoms with Crippen LogP contribution in [0.3, 0.4) is 0 Å². The summed E-state index contributed by atoms with van der Waals surface area (Å²) in [5.74, 6) is -2.35. The van der Waals surface area contributed by atoms with Crippen LogP contribution in [-0.2, 0) is 11.2 Å². The lowest BCUT2D eigenvalue weighted by molar-refractivity contribution is -0.210. The molecule has 0 amide bonds. The zero-order valence-corrected chi connectivity index (χ0v) is 13.2. The molecule has 0 saturated carbocycles. The third kappa shape index (κ3) is 3.73. The van der Waals surface area contributed by atoms with Crippen molar-refractivity contribution >= 4 is 35.0 Å². The number of carboxylic acid groups (broad SMARTS) is 1. The summed E-state index contributed by atoms with van der Waals surface area (Å²) in [7, 11) is 0. The lowest BCUT2D eigenvalue weighted by Crippen LogP contribution is -2.39. The van der Waals surface area contributed by atoms with Crippen LogP contribution in [0.4, 0.5) is 13.2 Å². The second-order valence-corrected chi connectivity index (χ2v) is 6.03. The third-order valence-corrected chi connectivity index (χ3v) is 4.16. The lowest BCUT2D eigenvalue weighted by atomic mass is 9.84. The molecule has 122 valence electrons. The minimum Gasteiger partial charge on any atom is -0.478 e. The molecule has 1 N–H and O–H groups in total. The largest absolute Gasteiger partial charge is 0.478 e. The first kappa shape index (κ1) is 18.8. The van der Waals surface area contributed by atoms with Gasteiger partial charge in [0, 0.05) is 6.42 Å². The molecule has 0 unspecified atom stereocenters. The highest BCUT2D eigenvalue weighted by molar-refractivity contribution is 6.39. The molecule has 0 aliphatic carbocycles. The van der Waals surface area contributed by atoms with E-state index in [2.05, 4.69) is 0 Å². The number of hydrogen-bond donors (Lipinski definition) is 1. The number of alkyl halides is 3. The highest BCUT2D eigenvalue weighted by atomic mass is 35.5. The molecule has 0 atom stereocenters. The quantitative estimate of drug-likeness (QED) is 0.825. The van der Waals surface area contributed by atoms with Gasteiger partial charge in [-0.25, -0.2) is 4.79 Å². The molecule has 1 aromatic carbocycles. The standard InChI is InChI=1S/C14H13Cl2F3O3/c1-13(2,14(17,18)19)9(20)6-4-7-3-5-8(15)10(11(7)16)12(21)22/h3,5H,4,6H2,1-2H3,(H,21,22). The van der Waals surface area contributed by atoms with Crippen LogP contribution in [-0.4, -0.2) is 23.0 Å². The van der Waals surface area contributed by atoms with Crippen LogP contribution in [0.15, 0.2) is 12.1 Å². The average molecular weight is 357 g/mol. The van der Waals surface area contributed by atoms with Crippen LogP contribution in [0, 0.1) is 5.41 Å². The van der Waals surface area contributed by atoms with Gasteiger partial charge < -0.3 is 5.11 Å². The van der Waals surface area contributed by atoms with Gasteiger partial charge in [0.05, 0.1) is 15.6 Å². The summed E-state index contributed by atoms with van der Waals surface area (Å²) >= 11 is 11.6. The van der Waals surface area contributed by atoms with E-state index < -0.39 is 29.8 Å². The zero-order chi connectivity index (χ0) is 17.3. The number of aryl methyl sites for hydroxylation is 1. The van der Waals surface area contributed by atoms with Crippen molar-refractivity contribution in [3.8, 4) is 0 Å². The Labute approximate surface area is 135 Å². The van der Waals surface area contributed by atoms with E-state index in [4.69, 9.17) is 28.3 Å². The van der Waals surface area contributed by atoms with E-state index in [1.54, 1.807) is 0 Å². The molecule has 0 aliphatic heterocycles. The molecule has 0 saturated heterocycles. The molecule has 1 aromatic rings. The number of benzene rings is 1. The van der Waals surface area contributed by atoms with Crippen molar-refractivity contribution in [2.45, 2.75) is 32.9 Å². The fraction of sp³-hybridized carbons (Fsp3) is 0.429. The van der Waals surface area contributed by atoms with Gasteiger partial charge in [-0.1, -0.05) is 29.3 Å². The van der Waals surface area contributed by atoms with Crippen molar-refractivity contribution in [3.63, 3.8) is 0 Å². The van der Waals surface area contributed by atoms with Crippen LogP contribution >= 0.6 is 23.2 Å². The SMILES string of the molecule is CC(C)(C(=O)CCc1ccc(Cl)c(C(=O)O)c1Cl)C(F)(F)F. The summed E-state index contributed by atoms with van der Waals surface area (Å²) < 4.78 is 38.3. The van der Waals surface area contributed by atoms with E-state index in [1.807, 2.05) is 0 Å². The van der Waals surface area contributed by atoms with Crippen molar-refractivity contribution in [2.75, 3.05) is 0 Å². The maximum Gasteiger partial charge on any atom is 0.400 e. The number of rotatable bonds is 5. The van der Waals surface area contributed by atoms with Crippen molar-refractivity contribution in [3.05, 3.63) is 33.3 Å². The van der Waals surface area contributed by atoms with Gasteiger partial charge >= 0.3 is 12.1 Å². The monoisotopic (exact) mass is 356 g/mol. The average Bonchev–Trinajstić information content (AvgIpc) is 2.35. The van der Waals surface area contributed by atoms with E-state index >= 15 is 0 Å². The Hall–Kier alpha value is -1.27. The van der Waals surface area contributed by atoms with Crippen molar-refractivity contribution in [1.82, 2.24) is 0 Å². The molecule has 0 fully saturated rings. The van der Waals surface area contributed by atoms with Gasteiger partial charge in [-0.2, -0.15) is 13.2 Å². The van der Waals surface area contributed by atoms with Crippen molar-refractivity contribution in [1.29, 1.82) is 0 Å². The second kappa shape index (κ2) is 6.46. The summed E-state index contributed by atoms with van der Waals surface area (Å²) in [4.78, 5) is 22.8. The van der Waals surface area contributed by atoms with Crippen molar-refractivity contribution in [2.24, 2.45) is 5.41 Å². The Bertz CT molecular complexity index is 610. The Kier molecular flexibility index (Phi) is 5.51. The van der Waals surface area contributed by atoms with Crippen LogP contribution < -0.4 is 0 Å². The molecule has 8 heteroatoms. The number of carbonyl (C=O) groups is 2. The highest BCUT2D eigenvalue weighted by Gasteiger charge is 2.51. The topological polar surface area (TPSA) is 54.4 Å². The summed E-state index contributed by atoms with van der Waals surface area (Å²) in [5, 5.41) is 8.75. The fourth-order valence-corrected chi connectivity index (χ4v) is 2.33. The molecule has 3 nitrogen and oxygen atoms in total. The van der Waals surface area contributed by atoms with Crippen LogP contribution in [0.5, 0.6) is 0 Å².